The van der Waals surface area contributed by atoms with Crippen LogP contribution in [0.1, 0.15) is 46.9 Å². The molecule has 20 heavy (non-hydrogen) atoms. The van der Waals surface area contributed by atoms with E-state index >= 15 is 0 Å². The highest BCUT2D eigenvalue weighted by molar-refractivity contribution is 9.10. The molecule has 2 unspecified atom stereocenters. The van der Waals surface area contributed by atoms with E-state index in [0.717, 1.165) is 4.47 Å². The van der Waals surface area contributed by atoms with Gasteiger partial charge in [0.1, 0.15) is 0 Å². The summed E-state index contributed by atoms with van der Waals surface area (Å²) in [4.78, 5) is 3.32. The second kappa shape index (κ2) is 3.76. The molecule has 0 radical (unpaired) electrons. The first-order valence-electron chi connectivity index (χ1n) is 7.21. The fourth-order valence-electron chi connectivity index (χ4n) is 4.19. The first-order valence-corrected chi connectivity index (χ1v) is 8.00. The molecule has 2 atom stereocenters. The molecule has 1 N–H and O–H groups in total. The van der Waals surface area contributed by atoms with Crippen molar-refractivity contribution in [1.82, 2.24) is 4.98 Å². The van der Waals surface area contributed by atoms with Gasteiger partial charge in [0.05, 0.1) is 0 Å². The lowest BCUT2D eigenvalue weighted by atomic mass is 9.65. The lowest BCUT2D eigenvalue weighted by Crippen LogP contribution is -2.23. The molecule has 0 spiro atoms. The summed E-state index contributed by atoms with van der Waals surface area (Å²) in [6.07, 6.45) is 7.01. The number of halogens is 1. The zero-order valence-electron chi connectivity index (χ0n) is 11.0. The third kappa shape index (κ3) is 1.33. The second-order valence-corrected chi connectivity index (χ2v) is 6.94. The Balaban J connectivity index is 1.84. The molecule has 0 fully saturated rings. The number of hydrogen-bond acceptors (Lipinski definition) is 0. The highest BCUT2D eigenvalue weighted by Crippen LogP contribution is 2.53. The minimum atomic E-state index is 0.597. The molecule has 3 aliphatic rings. The van der Waals surface area contributed by atoms with Crippen molar-refractivity contribution in [3.63, 3.8) is 0 Å². The SMILES string of the molecule is Brc1ccc2cc3c(cc2c1)C1CCC3c2c[nH]cc21. The Labute approximate surface area is 126 Å². The maximum Gasteiger partial charge on any atom is 0.0181 e. The van der Waals surface area contributed by atoms with Crippen LogP contribution in [0.15, 0.2) is 47.2 Å². The summed E-state index contributed by atoms with van der Waals surface area (Å²) in [6, 6.07) is 11.4. The van der Waals surface area contributed by atoms with Gasteiger partial charge in [-0.2, -0.15) is 0 Å². The highest BCUT2D eigenvalue weighted by Gasteiger charge is 2.37. The molecule has 2 bridgehead atoms. The minimum Gasteiger partial charge on any atom is -0.367 e. The molecule has 0 amide bonds. The number of benzene rings is 2. The lowest BCUT2D eigenvalue weighted by Gasteiger charge is -2.38. The van der Waals surface area contributed by atoms with Crippen LogP contribution in [0.5, 0.6) is 0 Å². The maximum absolute atomic E-state index is 3.58. The number of aromatic amines is 1. The Hall–Kier alpha value is -1.54. The van der Waals surface area contributed by atoms with E-state index in [4.69, 9.17) is 0 Å². The van der Waals surface area contributed by atoms with Crippen molar-refractivity contribution in [1.29, 1.82) is 0 Å². The van der Waals surface area contributed by atoms with E-state index in [-0.39, 0.29) is 0 Å². The topological polar surface area (TPSA) is 15.8 Å². The average molecular weight is 324 g/mol. The molecular formula is C18H14BrN. The number of nitrogens with one attached hydrogen (secondary N) is 1. The molecule has 2 aromatic carbocycles. The maximum atomic E-state index is 3.58. The molecular weight excluding hydrogens is 310 g/mol. The summed E-state index contributed by atoms with van der Waals surface area (Å²) in [5.41, 5.74) is 6.18. The molecule has 1 heterocycles. The number of fused-ring (bicyclic) bond motifs is 2. The van der Waals surface area contributed by atoms with Crippen molar-refractivity contribution in [2.75, 3.05) is 0 Å². The molecule has 3 aromatic rings. The van der Waals surface area contributed by atoms with E-state index in [1.165, 1.54) is 34.7 Å². The van der Waals surface area contributed by atoms with Gasteiger partial charge in [0.25, 0.3) is 0 Å². The van der Waals surface area contributed by atoms with Crippen molar-refractivity contribution in [3.05, 3.63) is 69.5 Å². The zero-order valence-corrected chi connectivity index (χ0v) is 12.6. The van der Waals surface area contributed by atoms with Crippen molar-refractivity contribution >= 4 is 26.7 Å². The Bertz CT molecular complexity index is 846. The fraction of sp³-hybridized carbons (Fsp3) is 0.222. The van der Waals surface area contributed by atoms with Crippen LogP contribution in [0.4, 0.5) is 0 Å². The van der Waals surface area contributed by atoms with Crippen LogP contribution >= 0.6 is 15.9 Å². The van der Waals surface area contributed by atoms with Crippen LogP contribution in [0.25, 0.3) is 10.8 Å². The average Bonchev–Trinajstić information content (AvgIpc) is 2.96. The van der Waals surface area contributed by atoms with E-state index in [1.54, 1.807) is 11.1 Å². The Morgan fingerprint density at radius 2 is 1.45 bits per heavy atom. The standard InChI is InChI=1S/C18H14BrN/c19-12-2-1-10-6-15-13-3-4-14(16(15)7-11(10)5-12)18-9-20-8-17(13)18/h1-2,5-9,13-14,20H,3-4H2. The third-order valence-electron chi connectivity index (χ3n) is 5.06. The molecule has 1 nitrogen and oxygen atoms in total. The summed E-state index contributed by atoms with van der Waals surface area (Å²) >= 11 is 3.58. The summed E-state index contributed by atoms with van der Waals surface area (Å²) in [5.74, 6) is 1.20. The number of H-pyrrole nitrogens is 1. The summed E-state index contributed by atoms with van der Waals surface area (Å²) < 4.78 is 1.16. The second-order valence-electron chi connectivity index (χ2n) is 6.02. The van der Waals surface area contributed by atoms with Crippen LogP contribution in [0.2, 0.25) is 0 Å². The highest BCUT2D eigenvalue weighted by atomic mass is 79.9. The van der Waals surface area contributed by atoms with Crippen LogP contribution in [-0.2, 0) is 0 Å². The third-order valence-corrected chi connectivity index (χ3v) is 5.55. The van der Waals surface area contributed by atoms with Gasteiger partial charge in [-0.1, -0.05) is 34.1 Å². The van der Waals surface area contributed by atoms with Crippen molar-refractivity contribution in [2.45, 2.75) is 24.7 Å². The fourth-order valence-corrected chi connectivity index (χ4v) is 4.57. The number of rotatable bonds is 0. The molecule has 0 saturated heterocycles. The lowest BCUT2D eigenvalue weighted by molar-refractivity contribution is 0.524. The smallest absolute Gasteiger partial charge is 0.0181 e. The molecule has 3 aliphatic carbocycles. The van der Waals surface area contributed by atoms with E-state index < -0.39 is 0 Å². The van der Waals surface area contributed by atoms with Crippen molar-refractivity contribution in [2.24, 2.45) is 0 Å². The molecule has 0 aliphatic heterocycles. The normalized spacial score (nSPS) is 22.9. The molecule has 0 saturated carbocycles. The van der Waals surface area contributed by atoms with Crippen LogP contribution in [-0.4, -0.2) is 4.98 Å². The van der Waals surface area contributed by atoms with Crippen molar-refractivity contribution in [3.8, 4) is 0 Å². The van der Waals surface area contributed by atoms with Gasteiger partial charge in [-0.3, -0.25) is 0 Å². The van der Waals surface area contributed by atoms with Gasteiger partial charge in [-0.25, -0.2) is 0 Å². The van der Waals surface area contributed by atoms with Gasteiger partial charge in [-0.05, 0) is 58.0 Å². The van der Waals surface area contributed by atoms with Crippen LogP contribution in [0, 0.1) is 0 Å². The van der Waals surface area contributed by atoms with Gasteiger partial charge in [-0.15, -0.1) is 0 Å². The Kier molecular flexibility index (Phi) is 2.10. The number of hydrogen-bond donors (Lipinski definition) is 1. The predicted octanol–water partition coefficient (Wildman–Crippen LogP) is 5.30. The first-order chi connectivity index (χ1) is 9.81. The van der Waals surface area contributed by atoms with Gasteiger partial charge in [0, 0.05) is 28.7 Å². The van der Waals surface area contributed by atoms with Crippen LogP contribution < -0.4 is 0 Å². The van der Waals surface area contributed by atoms with Crippen molar-refractivity contribution < 1.29 is 0 Å². The predicted molar refractivity (Wildman–Crippen MR) is 85.4 cm³/mol. The Morgan fingerprint density at radius 1 is 0.800 bits per heavy atom. The molecule has 1 aromatic heterocycles. The Morgan fingerprint density at radius 3 is 2.15 bits per heavy atom. The van der Waals surface area contributed by atoms with E-state index in [0.29, 0.717) is 11.8 Å². The van der Waals surface area contributed by atoms with E-state index in [1.807, 2.05) is 0 Å². The van der Waals surface area contributed by atoms with E-state index in [2.05, 4.69) is 63.6 Å². The quantitative estimate of drug-likeness (QED) is 0.577. The molecule has 98 valence electrons. The van der Waals surface area contributed by atoms with E-state index in [9.17, 15) is 0 Å². The summed E-state index contributed by atoms with van der Waals surface area (Å²) in [7, 11) is 0. The van der Waals surface area contributed by atoms with Gasteiger partial charge >= 0.3 is 0 Å². The summed E-state index contributed by atoms with van der Waals surface area (Å²) in [5, 5.41) is 2.71. The summed E-state index contributed by atoms with van der Waals surface area (Å²) in [6.45, 7) is 0. The van der Waals surface area contributed by atoms with Gasteiger partial charge in [0.2, 0.25) is 0 Å². The number of aromatic nitrogens is 1. The zero-order chi connectivity index (χ0) is 13.3. The van der Waals surface area contributed by atoms with Gasteiger partial charge in [0.15, 0.2) is 0 Å². The first kappa shape index (κ1) is 11.2. The molecule has 2 heteroatoms. The van der Waals surface area contributed by atoms with Gasteiger partial charge < -0.3 is 4.98 Å². The monoisotopic (exact) mass is 323 g/mol. The minimum absolute atomic E-state index is 0.597. The van der Waals surface area contributed by atoms with Crippen LogP contribution in [0.3, 0.4) is 0 Å². The largest absolute Gasteiger partial charge is 0.367 e. The molecule has 6 rings (SSSR count).